The molecular weight excluding hydrogens is 196 g/mol. The van der Waals surface area contributed by atoms with Crippen LogP contribution >= 0.6 is 11.1 Å². The van der Waals surface area contributed by atoms with Crippen molar-refractivity contribution in [1.82, 2.24) is 0 Å². The molecule has 0 aliphatic heterocycles. The largest absolute Gasteiger partial charge is 0.181 e. The van der Waals surface area contributed by atoms with Crippen molar-refractivity contribution in [3.63, 3.8) is 0 Å². The number of aryl methyl sites for hydroxylation is 1. The maximum absolute atomic E-state index is 6.43. The van der Waals surface area contributed by atoms with Gasteiger partial charge in [-0.2, -0.15) is 11.1 Å². The number of benzene rings is 1. The third-order valence-corrected chi connectivity index (χ3v) is 5.13. The number of hydrogen-bond acceptors (Lipinski definition) is 0. The first-order valence-electron chi connectivity index (χ1n) is 4.60. The molecule has 0 N–H and O–H groups in total. The molecule has 0 atom stereocenters. The van der Waals surface area contributed by atoms with Crippen LogP contribution < -0.4 is 5.19 Å². The summed E-state index contributed by atoms with van der Waals surface area (Å²) in [6.07, 6.45) is 0. The van der Waals surface area contributed by atoms with Crippen LogP contribution in [0.5, 0.6) is 0 Å². The second kappa shape index (κ2) is 3.47. The quantitative estimate of drug-likeness (QED) is 0.495. The molecule has 0 saturated carbocycles. The zero-order valence-corrected chi connectivity index (χ0v) is 10.8. The van der Waals surface area contributed by atoms with Gasteiger partial charge in [0.2, 0.25) is 0 Å². The number of hydrogen-bond donors (Lipinski definition) is 0. The first-order chi connectivity index (χ1) is 5.84. The number of rotatable bonds is 1. The molecule has 0 amide bonds. The van der Waals surface area contributed by atoms with Gasteiger partial charge in [-0.05, 0) is 42.6 Å². The molecule has 72 valence electrons. The molecule has 0 spiro atoms. The average molecular weight is 213 g/mol. The van der Waals surface area contributed by atoms with Gasteiger partial charge >= 0.3 is 0 Å². The summed E-state index contributed by atoms with van der Waals surface area (Å²) in [5, 5.41) is 1.37. The Bertz CT molecular complexity index is 324. The normalized spacial score (nSPS) is 11.8. The van der Waals surface area contributed by atoms with Crippen molar-refractivity contribution < 1.29 is 0 Å². The zero-order chi connectivity index (χ0) is 10.2. The molecule has 0 saturated heterocycles. The van der Waals surface area contributed by atoms with Crippen molar-refractivity contribution >= 4 is 23.6 Å². The molecule has 1 aromatic carbocycles. The molecule has 0 unspecified atom stereocenters. The van der Waals surface area contributed by atoms with E-state index in [1.54, 1.807) is 0 Å². The average Bonchev–Trinajstić information content (AvgIpc) is 1.98. The Hall–Kier alpha value is -0.273. The Morgan fingerprint density at radius 3 is 2.00 bits per heavy atom. The fraction of sp³-hybridized carbons (Fsp3) is 0.455. The van der Waals surface area contributed by atoms with Crippen LogP contribution in [0.3, 0.4) is 0 Å². The van der Waals surface area contributed by atoms with E-state index in [0.29, 0.717) is 0 Å². The Morgan fingerprint density at radius 2 is 1.54 bits per heavy atom. The second-order valence-corrected chi connectivity index (χ2v) is 10.5. The summed E-state index contributed by atoms with van der Waals surface area (Å²) in [7, 11) is -1.66. The van der Waals surface area contributed by atoms with Gasteiger partial charge in [0.15, 0.2) is 7.38 Å². The van der Waals surface area contributed by atoms with Gasteiger partial charge in [-0.15, -0.1) is 0 Å². The van der Waals surface area contributed by atoms with Crippen LogP contribution in [0.2, 0.25) is 13.1 Å². The van der Waals surface area contributed by atoms with Crippen molar-refractivity contribution in [1.29, 1.82) is 0 Å². The fourth-order valence-electron chi connectivity index (χ4n) is 1.60. The highest BCUT2D eigenvalue weighted by Crippen LogP contribution is 2.16. The van der Waals surface area contributed by atoms with Gasteiger partial charge in [0.1, 0.15) is 0 Å². The fourth-order valence-corrected chi connectivity index (χ4v) is 3.77. The summed E-state index contributed by atoms with van der Waals surface area (Å²) in [6.45, 7) is 10.8. The van der Waals surface area contributed by atoms with Crippen LogP contribution in [0, 0.1) is 20.8 Å². The summed E-state index contributed by atoms with van der Waals surface area (Å²) in [5.41, 5.74) is 4.13. The van der Waals surface area contributed by atoms with Crippen LogP contribution in [-0.2, 0) is 0 Å². The third kappa shape index (κ3) is 2.15. The molecule has 0 fully saturated rings. The van der Waals surface area contributed by atoms with E-state index in [1.165, 1.54) is 21.9 Å². The van der Waals surface area contributed by atoms with Crippen LogP contribution in [0.4, 0.5) is 0 Å². The molecule has 2 heteroatoms. The van der Waals surface area contributed by atoms with Crippen LogP contribution in [0.25, 0.3) is 0 Å². The molecule has 0 heterocycles. The second-order valence-electron chi connectivity index (χ2n) is 4.15. The summed E-state index contributed by atoms with van der Waals surface area (Å²) in [5.74, 6) is 0. The molecular formula is C11H17ClSi. The maximum Gasteiger partial charge on any atom is 0.181 e. The van der Waals surface area contributed by atoms with Gasteiger partial charge < -0.3 is 0 Å². The van der Waals surface area contributed by atoms with Gasteiger partial charge in [0, 0.05) is 0 Å². The molecule has 0 bridgehead atoms. The topological polar surface area (TPSA) is 0 Å². The summed E-state index contributed by atoms with van der Waals surface area (Å²) in [6, 6.07) is 4.37. The van der Waals surface area contributed by atoms with E-state index in [4.69, 9.17) is 11.1 Å². The lowest BCUT2D eigenvalue weighted by Gasteiger charge is -2.19. The van der Waals surface area contributed by atoms with Gasteiger partial charge in [-0.25, -0.2) is 0 Å². The molecule has 13 heavy (non-hydrogen) atoms. The van der Waals surface area contributed by atoms with E-state index in [9.17, 15) is 0 Å². The first-order valence-corrected chi connectivity index (χ1v) is 8.61. The van der Waals surface area contributed by atoms with Crippen molar-refractivity contribution in [3.8, 4) is 0 Å². The molecule has 1 aromatic rings. The molecule has 0 aliphatic carbocycles. The van der Waals surface area contributed by atoms with Gasteiger partial charge in [-0.3, -0.25) is 0 Å². The third-order valence-electron chi connectivity index (χ3n) is 2.70. The predicted molar refractivity (Wildman–Crippen MR) is 63.6 cm³/mol. The Balaban J connectivity index is 3.35. The minimum atomic E-state index is -1.66. The lowest BCUT2D eigenvalue weighted by molar-refractivity contribution is 1.28. The Labute approximate surface area is 86.6 Å². The van der Waals surface area contributed by atoms with Crippen molar-refractivity contribution in [2.24, 2.45) is 0 Å². The molecule has 0 radical (unpaired) electrons. The molecule has 0 nitrogen and oxygen atoms in total. The lowest BCUT2D eigenvalue weighted by Crippen LogP contribution is -2.37. The minimum absolute atomic E-state index is 1.36. The van der Waals surface area contributed by atoms with E-state index in [-0.39, 0.29) is 0 Å². The first kappa shape index (κ1) is 10.8. The van der Waals surface area contributed by atoms with Crippen LogP contribution in [-0.4, -0.2) is 7.38 Å². The van der Waals surface area contributed by atoms with Gasteiger partial charge in [0.25, 0.3) is 0 Å². The molecule has 1 rings (SSSR count). The van der Waals surface area contributed by atoms with Crippen molar-refractivity contribution in [2.75, 3.05) is 0 Å². The highest BCUT2D eigenvalue weighted by atomic mass is 35.6. The molecule has 0 aromatic heterocycles. The van der Waals surface area contributed by atoms with E-state index in [0.717, 1.165) is 0 Å². The summed E-state index contributed by atoms with van der Waals surface area (Å²) < 4.78 is 0. The lowest BCUT2D eigenvalue weighted by atomic mass is 10.1. The predicted octanol–water partition coefficient (Wildman–Crippen LogP) is 3.26. The molecule has 0 aliphatic rings. The smallest absolute Gasteiger partial charge is 0.162 e. The highest BCUT2D eigenvalue weighted by molar-refractivity contribution is 7.26. The highest BCUT2D eigenvalue weighted by Gasteiger charge is 2.22. The SMILES string of the molecule is Cc1ccc([Si](C)(C)Cl)c(C)c1C. The maximum atomic E-state index is 6.43. The monoisotopic (exact) mass is 212 g/mol. The Morgan fingerprint density at radius 1 is 1.00 bits per heavy atom. The number of halogens is 1. The van der Waals surface area contributed by atoms with Gasteiger partial charge in [0.05, 0.1) is 0 Å². The van der Waals surface area contributed by atoms with E-state index >= 15 is 0 Å². The minimum Gasteiger partial charge on any atom is -0.162 e. The summed E-state index contributed by atoms with van der Waals surface area (Å²) in [4.78, 5) is 0. The zero-order valence-electron chi connectivity index (χ0n) is 9.03. The van der Waals surface area contributed by atoms with E-state index in [1.807, 2.05) is 0 Å². The van der Waals surface area contributed by atoms with Crippen LogP contribution in [0.1, 0.15) is 16.7 Å². The standard InChI is InChI=1S/C11H17ClSi/c1-8-6-7-11(13(4,5)12)10(3)9(8)2/h6-7H,1-5H3. The van der Waals surface area contributed by atoms with Crippen molar-refractivity contribution in [3.05, 3.63) is 28.8 Å². The summed E-state index contributed by atoms with van der Waals surface area (Å²) >= 11 is 6.43. The van der Waals surface area contributed by atoms with E-state index in [2.05, 4.69) is 46.0 Å². The van der Waals surface area contributed by atoms with Gasteiger partial charge in [-0.1, -0.05) is 25.2 Å². The van der Waals surface area contributed by atoms with E-state index < -0.39 is 7.38 Å². The Kier molecular flexibility index (Phi) is 2.88. The van der Waals surface area contributed by atoms with Crippen molar-refractivity contribution in [2.45, 2.75) is 33.9 Å². The van der Waals surface area contributed by atoms with Crippen LogP contribution in [0.15, 0.2) is 12.1 Å².